The van der Waals surface area contributed by atoms with Crippen LogP contribution in [-0.2, 0) is 4.74 Å². The van der Waals surface area contributed by atoms with Crippen molar-refractivity contribution < 1.29 is 9.53 Å². The highest BCUT2D eigenvalue weighted by Crippen LogP contribution is 2.42. The molecule has 0 aromatic heterocycles. The summed E-state index contributed by atoms with van der Waals surface area (Å²) in [4.78, 5) is 16.7. The van der Waals surface area contributed by atoms with Crippen LogP contribution >= 0.6 is 0 Å². The minimum absolute atomic E-state index is 0.150. The van der Waals surface area contributed by atoms with Crippen LogP contribution in [0.3, 0.4) is 0 Å². The third-order valence-corrected chi connectivity index (χ3v) is 6.01. The van der Waals surface area contributed by atoms with Crippen LogP contribution in [0.1, 0.15) is 59.3 Å². The minimum atomic E-state index is -0.402. The molecule has 2 heterocycles. The Bertz CT molecular complexity index is 493. The van der Waals surface area contributed by atoms with E-state index in [0.29, 0.717) is 11.3 Å². The molecule has 0 aromatic rings. The monoisotopic (exact) mass is 332 g/mol. The van der Waals surface area contributed by atoms with Gasteiger partial charge in [0.2, 0.25) is 0 Å². The molecule has 0 bridgehead atoms. The largest absolute Gasteiger partial charge is 0.444 e. The summed E-state index contributed by atoms with van der Waals surface area (Å²) < 4.78 is 5.47. The predicted molar refractivity (Wildman–Crippen MR) is 95.6 cm³/mol. The molecular weight excluding hydrogens is 300 g/mol. The Labute approximate surface area is 146 Å². The molecule has 134 valence electrons. The normalized spacial score (nSPS) is 30.5. The number of carbonyl (C=O) groups excluding carboxylic acids is 1. The molecule has 1 aliphatic carbocycles. The molecule has 0 N–H and O–H groups in total. The van der Waals surface area contributed by atoms with Crippen LogP contribution in [0.15, 0.2) is 0 Å². The first-order valence-electron chi connectivity index (χ1n) is 9.48. The number of piperidine rings is 1. The molecule has 4 nitrogen and oxygen atoms in total. The Morgan fingerprint density at radius 2 is 1.71 bits per heavy atom. The summed E-state index contributed by atoms with van der Waals surface area (Å²) in [7, 11) is 0. The van der Waals surface area contributed by atoms with Gasteiger partial charge in [0.15, 0.2) is 0 Å². The molecule has 0 unspecified atom stereocenters. The molecule has 3 fully saturated rings. The predicted octanol–water partition coefficient (Wildman–Crippen LogP) is 3.51. The average molecular weight is 332 g/mol. The van der Waals surface area contributed by atoms with Gasteiger partial charge in [-0.3, -0.25) is 0 Å². The summed E-state index contributed by atoms with van der Waals surface area (Å²) in [6.45, 7) is 9.87. The van der Waals surface area contributed by atoms with Gasteiger partial charge in [0, 0.05) is 30.5 Å². The van der Waals surface area contributed by atoms with Gasteiger partial charge in [-0.1, -0.05) is 0 Å². The third-order valence-electron chi connectivity index (χ3n) is 6.01. The van der Waals surface area contributed by atoms with Gasteiger partial charge >= 0.3 is 6.09 Å². The fourth-order valence-electron chi connectivity index (χ4n) is 4.51. The molecule has 2 aliphatic heterocycles. The van der Waals surface area contributed by atoms with E-state index in [1.165, 1.54) is 51.6 Å². The number of rotatable bonds is 1. The van der Waals surface area contributed by atoms with Crippen molar-refractivity contribution in [2.45, 2.75) is 70.9 Å². The van der Waals surface area contributed by atoms with E-state index in [4.69, 9.17) is 11.2 Å². The van der Waals surface area contributed by atoms with Crippen LogP contribution in [0.2, 0.25) is 0 Å². The van der Waals surface area contributed by atoms with E-state index >= 15 is 0 Å². The molecule has 3 aliphatic rings. The fraction of sp³-hybridized carbons (Fsp3) is 0.850. The number of likely N-dealkylation sites (tertiary alicyclic amines) is 2. The lowest BCUT2D eigenvalue weighted by molar-refractivity contribution is -0.0658. The van der Waals surface area contributed by atoms with Gasteiger partial charge in [-0.05, 0) is 72.4 Å². The van der Waals surface area contributed by atoms with E-state index in [1.807, 2.05) is 25.7 Å². The van der Waals surface area contributed by atoms with Crippen molar-refractivity contribution >= 4 is 6.09 Å². The molecule has 4 heteroatoms. The zero-order valence-corrected chi connectivity index (χ0v) is 15.5. The van der Waals surface area contributed by atoms with Crippen LogP contribution in [0.5, 0.6) is 0 Å². The summed E-state index contributed by atoms with van der Waals surface area (Å²) in [6.07, 6.45) is 12.7. The van der Waals surface area contributed by atoms with Gasteiger partial charge in [-0.15, -0.1) is 12.3 Å². The van der Waals surface area contributed by atoms with E-state index in [1.54, 1.807) is 0 Å². The molecule has 2 saturated heterocycles. The maximum atomic E-state index is 12.1. The second kappa shape index (κ2) is 6.59. The van der Waals surface area contributed by atoms with Crippen LogP contribution < -0.4 is 0 Å². The Kier molecular flexibility index (Phi) is 4.84. The maximum Gasteiger partial charge on any atom is 0.410 e. The Morgan fingerprint density at radius 3 is 2.21 bits per heavy atom. The first kappa shape index (κ1) is 17.6. The summed E-state index contributed by atoms with van der Waals surface area (Å²) in [5.41, 5.74) is -0.0517. The minimum Gasteiger partial charge on any atom is -0.444 e. The maximum absolute atomic E-state index is 12.1. The lowest BCUT2D eigenvalue weighted by atomic mass is 9.71. The van der Waals surface area contributed by atoms with Gasteiger partial charge < -0.3 is 14.5 Å². The van der Waals surface area contributed by atoms with Crippen molar-refractivity contribution in [3.05, 3.63) is 0 Å². The Hall–Kier alpha value is -1.21. The Balaban J connectivity index is 1.42. The molecule has 24 heavy (non-hydrogen) atoms. The van der Waals surface area contributed by atoms with Crippen molar-refractivity contribution in [3.63, 3.8) is 0 Å². The summed E-state index contributed by atoms with van der Waals surface area (Å²) in [5.74, 6) is 3.43. The van der Waals surface area contributed by atoms with Gasteiger partial charge in [0.25, 0.3) is 0 Å². The van der Waals surface area contributed by atoms with Crippen LogP contribution in [-0.4, -0.2) is 53.7 Å². The number of ether oxygens (including phenoxy) is 1. The molecule has 0 radical (unpaired) electrons. The highest BCUT2D eigenvalue weighted by molar-refractivity contribution is 5.69. The first-order chi connectivity index (χ1) is 11.3. The lowest BCUT2D eigenvalue weighted by Gasteiger charge is -2.54. The van der Waals surface area contributed by atoms with Crippen molar-refractivity contribution in [2.24, 2.45) is 11.3 Å². The SMILES string of the molecule is C#CC1CCC(N2CCC3(CC2)CN(C(=O)OC(C)(C)C)C3)CC1. The zero-order valence-electron chi connectivity index (χ0n) is 15.5. The molecular formula is C20H32N2O2. The van der Waals surface area contributed by atoms with Crippen molar-refractivity contribution in [1.29, 1.82) is 0 Å². The van der Waals surface area contributed by atoms with Gasteiger partial charge in [-0.2, -0.15) is 0 Å². The summed E-state index contributed by atoms with van der Waals surface area (Å²) in [5, 5.41) is 0. The smallest absolute Gasteiger partial charge is 0.410 e. The third kappa shape index (κ3) is 3.88. The highest BCUT2D eigenvalue weighted by atomic mass is 16.6. The van der Waals surface area contributed by atoms with E-state index in [0.717, 1.165) is 19.1 Å². The Morgan fingerprint density at radius 1 is 1.12 bits per heavy atom. The van der Waals surface area contributed by atoms with E-state index in [2.05, 4.69) is 10.8 Å². The van der Waals surface area contributed by atoms with E-state index in [9.17, 15) is 4.79 Å². The first-order valence-corrected chi connectivity index (χ1v) is 9.48. The number of nitrogens with zero attached hydrogens (tertiary/aromatic N) is 2. The summed E-state index contributed by atoms with van der Waals surface area (Å²) >= 11 is 0. The second-order valence-electron chi connectivity index (χ2n) is 9.04. The standard InChI is InChI=1S/C20H32N2O2/c1-5-16-6-8-17(9-7-16)21-12-10-20(11-13-21)14-22(15-20)18(23)24-19(2,3)4/h1,16-17H,6-15H2,2-4H3. The highest BCUT2D eigenvalue weighted by Gasteiger charge is 2.48. The molecule has 1 amide bonds. The number of hydrogen-bond acceptors (Lipinski definition) is 3. The van der Waals surface area contributed by atoms with Crippen molar-refractivity contribution in [3.8, 4) is 12.3 Å². The average Bonchev–Trinajstić information content (AvgIpc) is 2.51. The van der Waals surface area contributed by atoms with E-state index in [-0.39, 0.29) is 6.09 Å². The molecule has 1 spiro atoms. The van der Waals surface area contributed by atoms with Gasteiger partial charge in [0.1, 0.15) is 5.60 Å². The quantitative estimate of drug-likeness (QED) is 0.689. The molecule has 0 atom stereocenters. The van der Waals surface area contributed by atoms with Crippen LogP contribution in [0.4, 0.5) is 4.79 Å². The number of amides is 1. The second-order valence-corrected chi connectivity index (χ2v) is 9.04. The number of terminal acetylenes is 1. The fourth-order valence-corrected chi connectivity index (χ4v) is 4.51. The molecule has 0 aromatic carbocycles. The van der Waals surface area contributed by atoms with Crippen molar-refractivity contribution in [1.82, 2.24) is 9.80 Å². The molecule has 1 saturated carbocycles. The topological polar surface area (TPSA) is 32.8 Å². The molecule has 3 rings (SSSR count). The number of hydrogen-bond donors (Lipinski definition) is 0. The summed E-state index contributed by atoms with van der Waals surface area (Å²) in [6, 6.07) is 0.731. The van der Waals surface area contributed by atoms with Crippen molar-refractivity contribution in [2.75, 3.05) is 26.2 Å². The van der Waals surface area contributed by atoms with Crippen LogP contribution in [0.25, 0.3) is 0 Å². The zero-order chi connectivity index (χ0) is 17.4. The van der Waals surface area contributed by atoms with Gasteiger partial charge in [0.05, 0.1) is 0 Å². The van der Waals surface area contributed by atoms with Gasteiger partial charge in [-0.25, -0.2) is 4.79 Å². The number of carbonyl (C=O) groups is 1. The van der Waals surface area contributed by atoms with Crippen LogP contribution in [0, 0.1) is 23.7 Å². The van der Waals surface area contributed by atoms with E-state index < -0.39 is 5.60 Å². The lowest BCUT2D eigenvalue weighted by Crippen LogP contribution is -2.63.